The smallest absolute Gasteiger partial charge is 0.257 e. The van der Waals surface area contributed by atoms with E-state index in [1.165, 1.54) is 24.5 Å². The number of H-pyrrole nitrogens is 1. The molecule has 2 aromatic rings. The number of amides is 1. The number of hydrogen-bond donors (Lipinski definition) is 2. The van der Waals surface area contributed by atoms with Gasteiger partial charge in [0.25, 0.3) is 5.91 Å². The number of hydrogen-bond acceptors (Lipinski definition) is 4. The van der Waals surface area contributed by atoms with Crippen LogP contribution in [0.25, 0.3) is 0 Å². The van der Waals surface area contributed by atoms with Crippen molar-refractivity contribution in [2.24, 2.45) is 0 Å². The largest absolute Gasteiger partial charge is 0.306 e. The van der Waals surface area contributed by atoms with E-state index >= 15 is 0 Å². The Morgan fingerprint density at radius 3 is 3.12 bits per heavy atom. The number of anilines is 1. The molecule has 0 radical (unpaired) electrons. The molecule has 6 nitrogen and oxygen atoms in total. The summed E-state index contributed by atoms with van der Waals surface area (Å²) < 4.78 is 0. The molecule has 0 saturated carbocycles. The first-order valence-corrected chi connectivity index (χ1v) is 4.95. The van der Waals surface area contributed by atoms with Crippen LogP contribution in [0.3, 0.4) is 0 Å². The molecule has 0 aliphatic heterocycles. The maximum absolute atomic E-state index is 11.8. The summed E-state index contributed by atoms with van der Waals surface area (Å²) in [7, 11) is 0. The molecule has 0 bridgehead atoms. The fraction of sp³-hybridized carbons (Fsp3) is 0. The van der Waals surface area contributed by atoms with Gasteiger partial charge in [0, 0.05) is 11.8 Å². The lowest BCUT2D eigenvalue weighted by molar-refractivity contribution is 0.102. The maximum atomic E-state index is 11.8. The molecule has 2 heterocycles. The minimum atomic E-state index is -0.393. The summed E-state index contributed by atoms with van der Waals surface area (Å²) in [6.45, 7) is 0. The standard InChI is InChI=1S/C10H6ClN5O/c11-8-3-6(1-2-13-8)10(17)15-9-7(4-12)5-14-16-9/h1-3,5H,(H2,14,15,16,17). The van der Waals surface area contributed by atoms with Gasteiger partial charge >= 0.3 is 0 Å². The number of nitrogens with zero attached hydrogens (tertiary/aromatic N) is 3. The Kier molecular flexibility index (Phi) is 3.03. The molecule has 2 rings (SSSR count). The van der Waals surface area contributed by atoms with Gasteiger partial charge in [-0.25, -0.2) is 4.98 Å². The van der Waals surface area contributed by atoms with E-state index < -0.39 is 5.91 Å². The molecule has 0 spiro atoms. The van der Waals surface area contributed by atoms with Crippen molar-refractivity contribution in [3.63, 3.8) is 0 Å². The monoisotopic (exact) mass is 247 g/mol. The van der Waals surface area contributed by atoms with Gasteiger partial charge in [0.2, 0.25) is 0 Å². The van der Waals surface area contributed by atoms with Gasteiger partial charge in [0.1, 0.15) is 22.6 Å². The van der Waals surface area contributed by atoms with E-state index in [2.05, 4.69) is 20.5 Å². The van der Waals surface area contributed by atoms with Crippen molar-refractivity contribution < 1.29 is 4.79 Å². The van der Waals surface area contributed by atoms with Crippen LogP contribution in [0.1, 0.15) is 15.9 Å². The molecule has 0 aliphatic carbocycles. The van der Waals surface area contributed by atoms with Crippen molar-refractivity contribution in [1.29, 1.82) is 5.26 Å². The van der Waals surface area contributed by atoms with E-state index in [4.69, 9.17) is 16.9 Å². The van der Waals surface area contributed by atoms with Crippen molar-refractivity contribution in [2.75, 3.05) is 5.32 Å². The van der Waals surface area contributed by atoms with Crippen molar-refractivity contribution in [1.82, 2.24) is 15.2 Å². The summed E-state index contributed by atoms with van der Waals surface area (Å²) in [5.74, 6) is -0.138. The molecule has 1 amide bonds. The summed E-state index contributed by atoms with van der Waals surface area (Å²) >= 11 is 5.67. The summed E-state index contributed by atoms with van der Waals surface area (Å²) in [5.41, 5.74) is 0.613. The lowest BCUT2D eigenvalue weighted by atomic mass is 10.2. The highest BCUT2D eigenvalue weighted by Crippen LogP contribution is 2.12. The van der Waals surface area contributed by atoms with Crippen LogP contribution in [0, 0.1) is 11.3 Å². The van der Waals surface area contributed by atoms with E-state index in [0.29, 0.717) is 5.56 Å². The van der Waals surface area contributed by atoms with Crippen LogP contribution in [-0.2, 0) is 0 Å². The lowest BCUT2D eigenvalue weighted by Gasteiger charge is -2.02. The number of halogens is 1. The highest BCUT2D eigenvalue weighted by molar-refractivity contribution is 6.29. The molecule has 2 aromatic heterocycles. The second-order valence-corrected chi connectivity index (χ2v) is 3.48. The fourth-order valence-corrected chi connectivity index (χ4v) is 1.37. The third-order valence-corrected chi connectivity index (χ3v) is 2.19. The molecule has 0 aromatic carbocycles. The van der Waals surface area contributed by atoms with Crippen LogP contribution < -0.4 is 5.32 Å². The molecular formula is C10H6ClN5O. The molecule has 7 heteroatoms. The molecule has 0 atom stereocenters. The minimum Gasteiger partial charge on any atom is -0.306 e. The van der Waals surface area contributed by atoms with Gasteiger partial charge in [-0.05, 0) is 12.1 Å². The number of aromatic amines is 1. The van der Waals surface area contributed by atoms with Gasteiger partial charge in [-0.1, -0.05) is 11.6 Å². The van der Waals surface area contributed by atoms with E-state index in [-0.39, 0.29) is 16.5 Å². The SMILES string of the molecule is N#Cc1cn[nH]c1NC(=O)c1ccnc(Cl)c1. The molecule has 0 saturated heterocycles. The van der Waals surface area contributed by atoms with Crippen LogP contribution in [0.2, 0.25) is 5.15 Å². The van der Waals surface area contributed by atoms with Crippen LogP contribution in [0.5, 0.6) is 0 Å². The Balaban J connectivity index is 2.21. The first-order chi connectivity index (χ1) is 8.20. The predicted molar refractivity (Wildman–Crippen MR) is 60.5 cm³/mol. The van der Waals surface area contributed by atoms with Gasteiger partial charge in [0.05, 0.1) is 6.20 Å². The first-order valence-electron chi connectivity index (χ1n) is 4.57. The Bertz CT molecular complexity index is 601. The zero-order valence-corrected chi connectivity index (χ0v) is 9.19. The van der Waals surface area contributed by atoms with Crippen LogP contribution >= 0.6 is 11.6 Å². The number of rotatable bonds is 2. The lowest BCUT2D eigenvalue weighted by Crippen LogP contribution is -2.13. The summed E-state index contributed by atoms with van der Waals surface area (Å²) in [5, 5.41) is 17.7. The summed E-state index contributed by atoms with van der Waals surface area (Å²) in [4.78, 5) is 15.5. The normalized spacial score (nSPS) is 9.65. The van der Waals surface area contributed by atoms with Crippen LogP contribution in [-0.4, -0.2) is 21.1 Å². The minimum absolute atomic E-state index is 0.225. The predicted octanol–water partition coefficient (Wildman–Crippen LogP) is 1.58. The van der Waals surface area contributed by atoms with E-state index in [1.54, 1.807) is 0 Å². The van der Waals surface area contributed by atoms with Crippen LogP contribution in [0.4, 0.5) is 5.82 Å². The summed E-state index contributed by atoms with van der Waals surface area (Å²) in [6, 6.07) is 4.84. The van der Waals surface area contributed by atoms with Crippen molar-refractivity contribution in [3.8, 4) is 6.07 Å². The second kappa shape index (κ2) is 4.63. The van der Waals surface area contributed by atoms with Gasteiger partial charge in [-0.15, -0.1) is 0 Å². The number of aromatic nitrogens is 3. The number of carbonyl (C=O) groups is 1. The van der Waals surface area contributed by atoms with Crippen molar-refractivity contribution in [3.05, 3.63) is 40.8 Å². The van der Waals surface area contributed by atoms with Gasteiger partial charge < -0.3 is 5.32 Å². The van der Waals surface area contributed by atoms with Crippen molar-refractivity contribution in [2.45, 2.75) is 0 Å². The molecule has 0 fully saturated rings. The topological polar surface area (TPSA) is 94.5 Å². The Morgan fingerprint density at radius 2 is 2.41 bits per heavy atom. The highest BCUT2D eigenvalue weighted by Gasteiger charge is 2.10. The number of carbonyl (C=O) groups excluding carboxylic acids is 1. The molecule has 0 unspecified atom stereocenters. The summed E-state index contributed by atoms with van der Waals surface area (Å²) in [6.07, 6.45) is 2.75. The Hall–Kier alpha value is -2.39. The van der Waals surface area contributed by atoms with E-state index in [9.17, 15) is 4.79 Å². The van der Waals surface area contributed by atoms with Crippen molar-refractivity contribution >= 4 is 23.3 Å². The van der Waals surface area contributed by atoms with Gasteiger partial charge in [-0.2, -0.15) is 10.4 Å². The zero-order chi connectivity index (χ0) is 12.3. The van der Waals surface area contributed by atoms with E-state index in [0.717, 1.165) is 0 Å². The average Bonchev–Trinajstić information content (AvgIpc) is 2.76. The van der Waals surface area contributed by atoms with Gasteiger partial charge in [0.15, 0.2) is 0 Å². The highest BCUT2D eigenvalue weighted by atomic mass is 35.5. The van der Waals surface area contributed by atoms with Crippen LogP contribution in [0.15, 0.2) is 24.5 Å². The number of nitrogens with one attached hydrogen (secondary N) is 2. The number of nitriles is 1. The third-order valence-electron chi connectivity index (χ3n) is 1.99. The average molecular weight is 248 g/mol. The fourth-order valence-electron chi connectivity index (χ4n) is 1.20. The third kappa shape index (κ3) is 2.41. The molecule has 0 aliphatic rings. The van der Waals surface area contributed by atoms with E-state index in [1.807, 2.05) is 6.07 Å². The first kappa shape index (κ1) is 11.1. The second-order valence-electron chi connectivity index (χ2n) is 3.09. The number of pyridine rings is 1. The Labute approximate surface area is 101 Å². The quantitative estimate of drug-likeness (QED) is 0.788. The zero-order valence-electron chi connectivity index (χ0n) is 8.44. The molecule has 84 valence electrons. The Morgan fingerprint density at radius 1 is 1.59 bits per heavy atom. The molecule has 17 heavy (non-hydrogen) atoms. The maximum Gasteiger partial charge on any atom is 0.257 e. The van der Waals surface area contributed by atoms with Gasteiger partial charge in [-0.3, -0.25) is 9.89 Å². The molecule has 2 N–H and O–H groups in total. The molecular weight excluding hydrogens is 242 g/mol.